The lowest BCUT2D eigenvalue weighted by Gasteiger charge is -2.44. The third kappa shape index (κ3) is 3.01. The number of aliphatic hydroxyl groups excluding tert-OH is 1. The van der Waals surface area contributed by atoms with Gasteiger partial charge in [0.1, 0.15) is 0 Å². The van der Waals surface area contributed by atoms with E-state index in [0.717, 1.165) is 45.5 Å². The lowest BCUT2D eigenvalue weighted by molar-refractivity contribution is -0.119. The van der Waals surface area contributed by atoms with E-state index in [4.69, 9.17) is 9.47 Å². The van der Waals surface area contributed by atoms with E-state index in [1.165, 1.54) is 0 Å². The number of aliphatic hydroxyl groups is 1. The Labute approximate surface area is 104 Å². The van der Waals surface area contributed by atoms with E-state index in [-0.39, 0.29) is 17.1 Å². The molecule has 2 aliphatic rings. The zero-order valence-corrected chi connectivity index (χ0v) is 11.4. The summed E-state index contributed by atoms with van der Waals surface area (Å²) in [6.07, 6.45) is 3.89. The minimum Gasteiger partial charge on any atom is -0.393 e. The Kier molecular flexibility index (Phi) is 3.81. The maximum atomic E-state index is 9.62. The Bertz CT molecular complexity index is 254. The molecule has 0 aromatic rings. The van der Waals surface area contributed by atoms with E-state index in [9.17, 15) is 5.11 Å². The highest BCUT2D eigenvalue weighted by Crippen LogP contribution is 2.45. The smallest absolute Gasteiger partial charge is 0.0939 e. The van der Waals surface area contributed by atoms with Crippen molar-refractivity contribution in [1.82, 2.24) is 0 Å². The molecule has 2 heterocycles. The van der Waals surface area contributed by atoms with Crippen LogP contribution in [0.2, 0.25) is 0 Å². The summed E-state index contributed by atoms with van der Waals surface area (Å²) in [5, 5.41) is 9.62. The van der Waals surface area contributed by atoms with Gasteiger partial charge in [-0.05, 0) is 37.5 Å². The molecular weight excluding hydrogens is 216 g/mol. The molecule has 0 aromatic carbocycles. The van der Waals surface area contributed by atoms with Crippen LogP contribution in [0.5, 0.6) is 0 Å². The van der Waals surface area contributed by atoms with Crippen molar-refractivity contribution in [3.05, 3.63) is 0 Å². The van der Waals surface area contributed by atoms with Gasteiger partial charge >= 0.3 is 0 Å². The monoisotopic (exact) mass is 242 g/mol. The standard InChI is InChI=1S/C14H26O3/c1-11(15)8-13(2,3)12-4-6-17-14(9-12)5-7-16-10-14/h11-12,15H,4-10H2,1-3H3. The van der Waals surface area contributed by atoms with Crippen LogP contribution in [0, 0.1) is 11.3 Å². The summed E-state index contributed by atoms with van der Waals surface area (Å²) in [5.41, 5.74) is 0.173. The summed E-state index contributed by atoms with van der Waals surface area (Å²) < 4.78 is 11.5. The van der Waals surface area contributed by atoms with Crippen molar-refractivity contribution in [2.24, 2.45) is 11.3 Å². The van der Waals surface area contributed by atoms with Crippen LogP contribution in [0.15, 0.2) is 0 Å². The molecule has 2 saturated heterocycles. The first-order valence-electron chi connectivity index (χ1n) is 6.83. The van der Waals surface area contributed by atoms with Crippen molar-refractivity contribution >= 4 is 0 Å². The van der Waals surface area contributed by atoms with E-state index >= 15 is 0 Å². The Hall–Kier alpha value is -0.120. The normalized spacial score (nSPS) is 36.4. The average Bonchev–Trinajstić information content (AvgIpc) is 2.64. The van der Waals surface area contributed by atoms with E-state index in [2.05, 4.69) is 13.8 Å². The van der Waals surface area contributed by atoms with Gasteiger partial charge in [0, 0.05) is 19.6 Å². The number of hydrogen-bond acceptors (Lipinski definition) is 3. The van der Waals surface area contributed by atoms with Crippen molar-refractivity contribution in [2.45, 2.75) is 58.2 Å². The van der Waals surface area contributed by atoms with Crippen LogP contribution in [0.1, 0.15) is 46.5 Å². The molecule has 17 heavy (non-hydrogen) atoms. The molecule has 2 fully saturated rings. The van der Waals surface area contributed by atoms with E-state index < -0.39 is 0 Å². The zero-order chi connectivity index (χ0) is 12.5. The van der Waals surface area contributed by atoms with Crippen LogP contribution in [0.25, 0.3) is 0 Å². The van der Waals surface area contributed by atoms with E-state index in [1.807, 2.05) is 6.92 Å². The maximum Gasteiger partial charge on any atom is 0.0939 e. The fraction of sp³-hybridized carbons (Fsp3) is 1.00. The lowest BCUT2D eigenvalue weighted by Crippen LogP contribution is -2.45. The van der Waals surface area contributed by atoms with Crippen LogP contribution < -0.4 is 0 Å². The molecule has 3 nitrogen and oxygen atoms in total. The summed E-state index contributed by atoms with van der Waals surface area (Å²) in [6, 6.07) is 0. The first-order chi connectivity index (χ1) is 7.94. The Balaban J connectivity index is 2.01. The summed E-state index contributed by atoms with van der Waals surface area (Å²) in [7, 11) is 0. The third-order valence-electron chi connectivity index (χ3n) is 4.49. The number of ether oxygens (including phenoxy) is 2. The second kappa shape index (κ2) is 4.87. The topological polar surface area (TPSA) is 38.7 Å². The summed E-state index contributed by atoms with van der Waals surface area (Å²) in [5.74, 6) is 0.632. The zero-order valence-electron chi connectivity index (χ0n) is 11.4. The summed E-state index contributed by atoms with van der Waals surface area (Å²) >= 11 is 0. The van der Waals surface area contributed by atoms with Crippen molar-refractivity contribution in [3.63, 3.8) is 0 Å². The molecule has 1 spiro atoms. The van der Waals surface area contributed by atoms with Crippen molar-refractivity contribution < 1.29 is 14.6 Å². The van der Waals surface area contributed by atoms with Gasteiger partial charge in [0.2, 0.25) is 0 Å². The number of rotatable bonds is 3. The van der Waals surface area contributed by atoms with Gasteiger partial charge in [0.25, 0.3) is 0 Å². The molecule has 3 heteroatoms. The van der Waals surface area contributed by atoms with Gasteiger partial charge in [-0.25, -0.2) is 0 Å². The third-order valence-corrected chi connectivity index (χ3v) is 4.49. The predicted octanol–water partition coefficient (Wildman–Crippen LogP) is 2.37. The lowest BCUT2D eigenvalue weighted by atomic mass is 9.68. The summed E-state index contributed by atoms with van der Waals surface area (Å²) in [4.78, 5) is 0. The molecular formula is C14H26O3. The minimum absolute atomic E-state index is 0.0150. The molecule has 1 N–H and O–H groups in total. The minimum atomic E-state index is -0.219. The molecule has 0 amide bonds. The van der Waals surface area contributed by atoms with Crippen molar-refractivity contribution in [1.29, 1.82) is 0 Å². The molecule has 0 radical (unpaired) electrons. The highest BCUT2D eigenvalue weighted by Gasteiger charge is 2.45. The molecule has 3 unspecified atom stereocenters. The van der Waals surface area contributed by atoms with E-state index in [0.29, 0.717) is 5.92 Å². The van der Waals surface area contributed by atoms with Crippen molar-refractivity contribution in [3.8, 4) is 0 Å². The Morgan fingerprint density at radius 1 is 1.41 bits per heavy atom. The SMILES string of the molecule is CC(O)CC(C)(C)C1CCOC2(CCOC2)C1. The molecule has 0 saturated carbocycles. The van der Waals surface area contributed by atoms with Crippen LogP contribution >= 0.6 is 0 Å². The second-order valence-corrected chi connectivity index (χ2v) is 6.57. The largest absolute Gasteiger partial charge is 0.393 e. The molecule has 2 aliphatic heterocycles. The fourth-order valence-electron chi connectivity index (χ4n) is 3.49. The highest BCUT2D eigenvalue weighted by molar-refractivity contribution is 4.94. The Morgan fingerprint density at radius 3 is 2.76 bits per heavy atom. The van der Waals surface area contributed by atoms with Gasteiger partial charge in [0.15, 0.2) is 0 Å². The predicted molar refractivity (Wildman–Crippen MR) is 66.9 cm³/mol. The van der Waals surface area contributed by atoms with Crippen LogP contribution in [0.4, 0.5) is 0 Å². The molecule has 2 rings (SSSR count). The van der Waals surface area contributed by atoms with Crippen LogP contribution in [-0.2, 0) is 9.47 Å². The second-order valence-electron chi connectivity index (χ2n) is 6.57. The van der Waals surface area contributed by atoms with E-state index in [1.54, 1.807) is 0 Å². The van der Waals surface area contributed by atoms with Crippen LogP contribution in [0.3, 0.4) is 0 Å². The van der Waals surface area contributed by atoms with Crippen LogP contribution in [-0.4, -0.2) is 36.6 Å². The Morgan fingerprint density at radius 2 is 2.18 bits per heavy atom. The average molecular weight is 242 g/mol. The first kappa shape index (κ1) is 13.3. The van der Waals surface area contributed by atoms with Gasteiger partial charge in [-0.1, -0.05) is 13.8 Å². The number of hydrogen-bond donors (Lipinski definition) is 1. The van der Waals surface area contributed by atoms with Gasteiger partial charge < -0.3 is 14.6 Å². The first-order valence-corrected chi connectivity index (χ1v) is 6.83. The molecule has 0 aromatic heterocycles. The van der Waals surface area contributed by atoms with Gasteiger partial charge in [-0.2, -0.15) is 0 Å². The molecule has 3 atom stereocenters. The molecule has 0 aliphatic carbocycles. The maximum absolute atomic E-state index is 9.62. The molecule has 100 valence electrons. The summed E-state index contributed by atoms with van der Waals surface area (Å²) in [6.45, 7) is 8.88. The fourth-order valence-corrected chi connectivity index (χ4v) is 3.49. The highest BCUT2D eigenvalue weighted by atomic mass is 16.6. The van der Waals surface area contributed by atoms with Gasteiger partial charge in [0.05, 0.1) is 18.3 Å². The molecule has 0 bridgehead atoms. The van der Waals surface area contributed by atoms with Gasteiger partial charge in [-0.15, -0.1) is 0 Å². The van der Waals surface area contributed by atoms with Crippen molar-refractivity contribution in [2.75, 3.05) is 19.8 Å². The van der Waals surface area contributed by atoms with Gasteiger partial charge in [-0.3, -0.25) is 0 Å². The quantitative estimate of drug-likeness (QED) is 0.825.